The largest absolute Gasteiger partial charge is 0.455 e. The van der Waals surface area contributed by atoms with Crippen LogP contribution in [0.4, 0.5) is 5.69 Å². The van der Waals surface area contributed by atoms with Crippen molar-refractivity contribution in [1.82, 2.24) is 4.98 Å². The van der Waals surface area contributed by atoms with Gasteiger partial charge in [-0.2, -0.15) is 5.26 Å². The second kappa shape index (κ2) is 9.05. The molecule has 27 heavy (non-hydrogen) atoms. The Hall–Kier alpha value is -3.05. The Bertz CT molecular complexity index is 976. The first-order chi connectivity index (χ1) is 12.8. The number of nitrogens with zero attached hydrogens (tertiary/aromatic N) is 1. The van der Waals surface area contributed by atoms with E-state index in [2.05, 4.69) is 10.3 Å². The fraction of sp³-hybridized carbons (Fsp3) is 0.263. The zero-order valence-corrected chi connectivity index (χ0v) is 16.0. The molecule has 2 aromatic rings. The van der Waals surface area contributed by atoms with Gasteiger partial charge in [-0.1, -0.05) is 23.9 Å². The van der Waals surface area contributed by atoms with Crippen molar-refractivity contribution in [3.63, 3.8) is 0 Å². The number of carbonyl (C=O) groups excluding carboxylic acids is 2. The number of aromatic nitrogens is 1. The number of pyridine rings is 1. The number of aryl methyl sites for hydroxylation is 2. The van der Waals surface area contributed by atoms with Crippen molar-refractivity contribution in [2.24, 2.45) is 0 Å². The van der Waals surface area contributed by atoms with Gasteiger partial charge in [0.2, 0.25) is 5.56 Å². The van der Waals surface area contributed by atoms with Crippen LogP contribution in [0.15, 0.2) is 34.1 Å². The van der Waals surface area contributed by atoms with Gasteiger partial charge in [-0.25, -0.2) is 0 Å². The lowest BCUT2D eigenvalue weighted by Crippen LogP contribution is -2.22. The number of nitrogens with one attached hydrogen (secondary N) is 2. The van der Waals surface area contributed by atoms with Crippen LogP contribution < -0.4 is 10.9 Å². The highest BCUT2D eigenvalue weighted by Gasteiger charge is 2.13. The smallest absolute Gasteiger partial charge is 0.316 e. The van der Waals surface area contributed by atoms with E-state index >= 15 is 0 Å². The van der Waals surface area contributed by atoms with E-state index in [1.165, 1.54) is 6.07 Å². The normalized spacial score (nSPS) is 10.1. The van der Waals surface area contributed by atoms with E-state index in [0.29, 0.717) is 21.8 Å². The van der Waals surface area contributed by atoms with Crippen molar-refractivity contribution in [2.45, 2.75) is 25.8 Å². The number of anilines is 1. The number of benzene rings is 1. The van der Waals surface area contributed by atoms with E-state index in [0.717, 1.165) is 22.9 Å². The summed E-state index contributed by atoms with van der Waals surface area (Å²) in [5.41, 5.74) is 3.14. The van der Waals surface area contributed by atoms with Crippen LogP contribution in [0.25, 0.3) is 0 Å². The van der Waals surface area contributed by atoms with Crippen molar-refractivity contribution in [1.29, 1.82) is 5.26 Å². The molecule has 7 nitrogen and oxygen atoms in total. The maximum Gasteiger partial charge on any atom is 0.316 e. The molecule has 1 aromatic heterocycles. The number of nitriles is 1. The van der Waals surface area contributed by atoms with Gasteiger partial charge in [-0.15, -0.1) is 0 Å². The van der Waals surface area contributed by atoms with Crippen LogP contribution in [0.2, 0.25) is 0 Å². The van der Waals surface area contributed by atoms with Gasteiger partial charge in [0.15, 0.2) is 6.61 Å². The van der Waals surface area contributed by atoms with Crippen molar-refractivity contribution in [3.8, 4) is 6.07 Å². The molecule has 0 unspecified atom stereocenters. The van der Waals surface area contributed by atoms with E-state index in [1.807, 2.05) is 32.0 Å². The molecule has 1 amide bonds. The Morgan fingerprint density at radius 3 is 2.70 bits per heavy atom. The van der Waals surface area contributed by atoms with Crippen molar-refractivity contribution < 1.29 is 14.3 Å². The van der Waals surface area contributed by atoms with Gasteiger partial charge in [0.25, 0.3) is 5.91 Å². The van der Waals surface area contributed by atoms with Crippen molar-refractivity contribution in [2.75, 3.05) is 17.7 Å². The van der Waals surface area contributed by atoms with Crippen LogP contribution >= 0.6 is 11.8 Å². The third-order valence-corrected chi connectivity index (χ3v) is 4.87. The van der Waals surface area contributed by atoms with E-state index in [1.54, 1.807) is 13.0 Å². The minimum Gasteiger partial charge on any atom is -0.455 e. The molecule has 0 bridgehead atoms. The maximum absolute atomic E-state index is 12.0. The predicted molar refractivity (Wildman–Crippen MR) is 103 cm³/mol. The van der Waals surface area contributed by atoms with Gasteiger partial charge >= 0.3 is 5.97 Å². The molecule has 1 aromatic carbocycles. The number of H-pyrrole nitrogens is 1. The summed E-state index contributed by atoms with van der Waals surface area (Å²) in [6, 6.07) is 8.85. The van der Waals surface area contributed by atoms with Crippen LogP contribution in [-0.4, -0.2) is 29.2 Å². The Kier molecular flexibility index (Phi) is 6.79. The highest BCUT2D eigenvalue weighted by molar-refractivity contribution is 7.99. The summed E-state index contributed by atoms with van der Waals surface area (Å²) in [4.78, 5) is 37.9. The average Bonchev–Trinajstić information content (AvgIpc) is 2.61. The molecule has 8 heteroatoms. The molecule has 0 atom stereocenters. The Labute approximate surface area is 160 Å². The van der Waals surface area contributed by atoms with Gasteiger partial charge in [0, 0.05) is 11.8 Å². The summed E-state index contributed by atoms with van der Waals surface area (Å²) in [5, 5.41) is 12.2. The number of ether oxygens (including phenoxy) is 1. The maximum atomic E-state index is 12.0. The molecular formula is C19H19N3O4S. The molecule has 0 spiro atoms. The lowest BCUT2D eigenvalue weighted by Gasteiger charge is -2.10. The number of aromatic amines is 1. The highest BCUT2D eigenvalue weighted by atomic mass is 32.2. The van der Waals surface area contributed by atoms with Crippen LogP contribution in [0, 0.1) is 32.1 Å². The van der Waals surface area contributed by atoms with E-state index in [4.69, 9.17) is 10.00 Å². The average molecular weight is 385 g/mol. The molecule has 0 fully saturated rings. The number of hydrogen-bond donors (Lipinski definition) is 2. The lowest BCUT2D eigenvalue weighted by molar-refractivity contribution is -0.144. The number of rotatable bonds is 6. The molecule has 0 saturated heterocycles. The summed E-state index contributed by atoms with van der Waals surface area (Å²) in [6.45, 7) is 5.06. The zero-order valence-electron chi connectivity index (χ0n) is 15.2. The number of carbonyl (C=O) groups is 2. The van der Waals surface area contributed by atoms with Crippen molar-refractivity contribution >= 4 is 29.3 Å². The van der Waals surface area contributed by atoms with E-state index in [9.17, 15) is 14.4 Å². The standard InChI is InChI=1S/C19H19N3O4S/c1-11-5-4-6-15(13(11)3)21-17(24)9-26-18(25)10-27-19-14(8-20)12(2)7-16(23)22-19/h4-7H,9-10H2,1-3H3,(H,21,24)(H,22,23). The number of thioether (sulfide) groups is 1. The van der Waals surface area contributed by atoms with Crippen LogP contribution in [-0.2, 0) is 14.3 Å². The Morgan fingerprint density at radius 2 is 2.00 bits per heavy atom. The number of amides is 1. The molecular weight excluding hydrogens is 366 g/mol. The van der Waals surface area contributed by atoms with Crippen molar-refractivity contribution in [3.05, 3.63) is 56.9 Å². The monoisotopic (exact) mass is 385 g/mol. The van der Waals surface area contributed by atoms with Gasteiger partial charge in [0.1, 0.15) is 6.07 Å². The fourth-order valence-corrected chi connectivity index (χ4v) is 3.17. The third kappa shape index (κ3) is 5.46. The van der Waals surface area contributed by atoms with Gasteiger partial charge in [0.05, 0.1) is 16.3 Å². The number of esters is 1. The Balaban J connectivity index is 1.88. The van der Waals surface area contributed by atoms with Gasteiger partial charge in [-0.3, -0.25) is 14.4 Å². The molecule has 0 aliphatic rings. The van der Waals surface area contributed by atoms with Crippen LogP contribution in [0.1, 0.15) is 22.3 Å². The third-order valence-electron chi connectivity index (χ3n) is 3.89. The zero-order chi connectivity index (χ0) is 20.0. The SMILES string of the molecule is Cc1cccc(NC(=O)COC(=O)CSc2[nH]c(=O)cc(C)c2C#N)c1C. The molecule has 140 valence electrons. The minimum atomic E-state index is -0.623. The van der Waals surface area contributed by atoms with Crippen LogP contribution in [0.5, 0.6) is 0 Å². The summed E-state index contributed by atoms with van der Waals surface area (Å²) in [7, 11) is 0. The fourth-order valence-electron chi connectivity index (χ4n) is 2.30. The second-order valence-corrected chi connectivity index (χ2v) is 6.86. The molecule has 2 rings (SSSR count). The first-order valence-electron chi connectivity index (χ1n) is 8.10. The Morgan fingerprint density at radius 1 is 1.26 bits per heavy atom. The number of hydrogen-bond acceptors (Lipinski definition) is 6. The quantitative estimate of drug-likeness (QED) is 0.583. The molecule has 0 aliphatic carbocycles. The second-order valence-electron chi connectivity index (χ2n) is 5.88. The predicted octanol–water partition coefficient (Wildman–Crippen LogP) is 2.45. The minimum absolute atomic E-state index is 0.134. The molecule has 0 saturated carbocycles. The molecule has 1 heterocycles. The summed E-state index contributed by atoms with van der Waals surface area (Å²) in [5.74, 6) is -1.20. The van der Waals surface area contributed by atoms with E-state index < -0.39 is 18.5 Å². The van der Waals surface area contributed by atoms with Gasteiger partial charge in [-0.05, 0) is 43.5 Å². The topological polar surface area (TPSA) is 112 Å². The highest BCUT2D eigenvalue weighted by Crippen LogP contribution is 2.21. The van der Waals surface area contributed by atoms with Gasteiger partial charge < -0.3 is 15.0 Å². The molecule has 2 N–H and O–H groups in total. The summed E-state index contributed by atoms with van der Waals surface area (Å²) < 4.78 is 4.96. The lowest BCUT2D eigenvalue weighted by atomic mass is 10.1. The molecule has 0 aliphatic heterocycles. The van der Waals surface area contributed by atoms with Crippen LogP contribution in [0.3, 0.4) is 0 Å². The summed E-state index contributed by atoms with van der Waals surface area (Å²) >= 11 is 0.984. The first kappa shape index (κ1) is 20.3. The summed E-state index contributed by atoms with van der Waals surface area (Å²) in [6.07, 6.45) is 0. The first-order valence-corrected chi connectivity index (χ1v) is 9.09. The molecule has 0 radical (unpaired) electrons. The van der Waals surface area contributed by atoms with E-state index in [-0.39, 0.29) is 11.3 Å².